The van der Waals surface area contributed by atoms with Crippen LogP contribution in [0.3, 0.4) is 0 Å². The quantitative estimate of drug-likeness (QED) is 0.642. The Kier molecular flexibility index (Phi) is 6.34. The third-order valence-corrected chi connectivity index (χ3v) is 5.89. The van der Waals surface area contributed by atoms with Gasteiger partial charge in [-0.15, -0.1) is 11.3 Å². The van der Waals surface area contributed by atoms with E-state index < -0.39 is 0 Å². The van der Waals surface area contributed by atoms with Gasteiger partial charge in [0.1, 0.15) is 0 Å². The zero-order valence-corrected chi connectivity index (χ0v) is 15.1. The first kappa shape index (κ1) is 16.8. The normalized spacial score (nSPS) is 20.3. The largest absolute Gasteiger partial charge is 0.357 e. The molecule has 1 fully saturated rings. The maximum Gasteiger partial charge on any atom is 0.191 e. The molecule has 1 aliphatic heterocycles. The molecular formula is C18H30N4S. The summed E-state index contributed by atoms with van der Waals surface area (Å²) in [4.78, 5) is 8.91. The standard InChI is InChI=1S/C18H30N4S/c1-2-19-18(21-16-6-4-3-5-7-16)20-10-12-22-11-8-17-15(14-22)9-13-23-17/h9,13,16H,2-8,10-12,14H2,1H3,(H2,19,20,21). The molecule has 5 heteroatoms. The summed E-state index contributed by atoms with van der Waals surface area (Å²) in [6.45, 7) is 7.27. The van der Waals surface area contributed by atoms with E-state index in [-0.39, 0.29) is 0 Å². The number of hydrogen-bond acceptors (Lipinski definition) is 3. The monoisotopic (exact) mass is 334 g/mol. The summed E-state index contributed by atoms with van der Waals surface area (Å²) in [6, 6.07) is 2.90. The Bertz CT molecular complexity index is 505. The zero-order chi connectivity index (χ0) is 15.9. The van der Waals surface area contributed by atoms with E-state index in [1.165, 1.54) is 50.6 Å². The predicted molar refractivity (Wildman–Crippen MR) is 99.3 cm³/mol. The van der Waals surface area contributed by atoms with Crippen molar-refractivity contribution in [1.29, 1.82) is 0 Å². The number of fused-ring (bicyclic) bond motifs is 1. The summed E-state index contributed by atoms with van der Waals surface area (Å²) in [5.74, 6) is 1.01. The van der Waals surface area contributed by atoms with Crippen LogP contribution in [0.5, 0.6) is 0 Å². The van der Waals surface area contributed by atoms with Crippen LogP contribution in [-0.4, -0.2) is 43.1 Å². The lowest BCUT2D eigenvalue weighted by Gasteiger charge is -2.27. The van der Waals surface area contributed by atoms with Crippen molar-refractivity contribution in [3.05, 3.63) is 21.9 Å². The van der Waals surface area contributed by atoms with E-state index in [0.717, 1.165) is 32.1 Å². The van der Waals surface area contributed by atoms with Crippen LogP contribution >= 0.6 is 11.3 Å². The van der Waals surface area contributed by atoms with Crippen molar-refractivity contribution >= 4 is 17.3 Å². The SMILES string of the molecule is CCNC(=NCCN1CCc2sccc2C1)NC1CCCCC1. The van der Waals surface area contributed by atoms with E-state index in [9.17, 15) is 0 Å². The van der Waals surface area contributed by atoms with Crippen molar-refractivity contribution in [2.75, 3.05) is 26.2 Å². The van der Waals surface area contributed by atoms with Gasteiger partial charge in [0, 0.05) is 37.1 Å². The van der Waals surface area contributed by atoms with Crippen molar-refractivity contribution in [2.45, 2.75) is 58.0 Å². The van der Waals surface area contributed by atoms with Crippen molar-refractivity contribution in [3.63, 3.8) is 0 Å². The Balaban J connectivity index is 1.46. The second-order valence-electron chi connectivity index (χ2n) is 6.64. The highest BCUT2D eigenvalue weighted by Gasteiger charge is 2.17. The molecule has 0 spiro atoms. The minimum absolute atomic E-state index is 0.616. The number of nitrogens with zero attached hydrogens (tertiary/aromatic N) is 2. The molecule has 3 rings (SSSR count). The highest BCUT2D eigenvalue weighted by Crippen LogP contribution is 2.23. The Morgan fingerprint density at radius 2 is 2.22 bits per heavy atom. The van der Waals surface area contributed by atoms with Gasteiger partial charge in [-0.1, -0.05) is 19.3 Å². The molecule has 0 unspecified atom stereocenters. The molecule has 0 atom stereocenters. The highest BCUT2D eigenvalue weighted by atomic mass is 32.1. The fourth-order valence-corrected chi connectivity index (χ4v) is 4.45. The van der Waals surface area contributed by atoms with E-state index in [1.807, 2.05) is 11.3 Å². The summed E-state index contributed by atoms with van der Waals surface area (Å²) < 4.78 is 0. The molecule has 0 amide bonds. The lowest BCUT2D eigenvalue weighted by molar-refractivity contribution is 0.263. The van der Waals surface area contributed by atoms with Gasteiger partial charge in [-0.3, -0.25) is 9.89 Å². The highest BCUT2D eigenvalue weighted by molar-refractivity contribution is 7.10. The van der Waals surface area contributed by atoms with Crippen LogP contribution in [0.15, 0.2) is 16.4 Å². The molecule has 2 N–H and O–H groups in total. The number of hydrogen-bond donors (Lipinski definition) is 2. The molecule has 4 nitrogen and oxygen atoms in total. The van der Waals surface area contributed by atoms with Crippen molar-refractivity contribution in [1.82, 2.24) is 15.5 Å². The van der Waals surface area contributed by atoms with Crippen LogP contribution in [0, 0.1) is 0 Å². The molecule has 0 aromatic carbocycles. The fraction of sp³-hybridized carbons (Fsp3) is 0.722. The average Bonchev–Trinajstić information content (AvgIpc) is 3.04. The summed E-state index contributed by atoms with van der Waals surface area (Å²) in [6.07, 6.45) is 7.89. The first-order valence-corrected chi connectivity index (χ1v) is 10.1. The van der Waals surface area contributed by atoms with Crippen LogP contribution in [0.25, 0.3) is 0 Å². The molecule has 0 radical (unpaired) electrons. The van der Waals surface area contributed by atoms with Gasteiger partial charge in [0.15, 0.2) is 5.96 Å². The van der Waals surface area contributed by atoms with E-state index >= 15 is 0 Å². The fourth-order valence-electron chi connectivity index (χ4n) is 3.56. The third kappa shape index (κ3) is 4.95. The van der Waals surface area contributed by atoms with Crippen LogP contribution in [0.4, 0.5) is 0 Å². The average molecular weight is 335 g/mol. The number of rotatable bonds is 5. The minimum Gasteiger partial charge on any atom is -0.357 e. The van der Waals surface area contributed by atoms with Crippen LogP contribution in [0.2, 0.25) is 0 Å². The van der Waals surface area contributed by atoms with Gasteiger partial charge in [0.05, 0.1) is 6.54 Å². The van der Waals surface area contributed by atoms with E-state index in [4.69, 9.17) is 4.99 Å². The van der Waals surface area contributed by atoms with E-state index in [1.54, 1.807) is 4.88 Å². The Morgan fingerprint density at radius 3 is 3.04 bits per heavy atom. The molecular weight excluding hydrogens is 304 g/mol. The summed E-state index contributed by atoms with van der Waals surface area (Å²) >= 11 is 1.91. The first-order valence-electron chi connectivity index (χ1n) is 9.17. The van der Waals surface area contributed by atoms with Gasteiger partial charge in [-0.05, 0) is 43.2 Å². The lowest BCUT2D eigenvalue weighted by Crippen LogP contribution is -2.44. The Hall–Kier alpha value is -1.07. The van der Waals surface area contributed by atoms with Gasteiger partial charge in [-0.25, -0.2) is 0 Å². The summed E-state index contributed by atoms with van der Waals surface area (Å²) in [5, 5.41) is 9.26. The topological polar surface area (TPSA) is 39.7 Å². The number of nitrogens with one attached hydrogen (secondary N) is 2. The van der Waals surface area contributed by atoms with Gasteiger partial charge >= 0.3 is 0 Å². The van der Waals surface area contributed by atoms with Gasteiger partial charge in [0.2, 0.25) is 0 Å². The Morgan fingerprint density at radius 1 is 1.35 bits per heavy atom. The van der Waals surface area contributed by atoms with Crippen molar-refractivity contribution in [2.24, 2.45) is 4.99 Å². The molecule has 1 saturated carbocycles. The van der Waals surface area contributed by atoms with E-state index in [0.29, 0.717) is 6.04 Å². The van der Waals surface area contributed by atoms with Crippen LogP contribution < -0.4 is 10.6 Å². The van der Waals surface area contributed by atoms with Crippen LogP contribution in [0.1, 0.15) is 49.5 Å². The zero-order valence-electron chi connectivity index (χ0n) is 14.3. The summed E-state index contributed by atoms with van der Waals surface area (Å²) in [5.41, 5.74) is 1.53. The van der Waals surface area contributed by atoms with Gasteiger partial charge in [-0.2, -0.15) is 0 Å². The predicted octanol–water partition coefficient (Wildman–Crippen LogP) is 2.99. The van der Waals surface area contributed by atoms with Gasteiger partial charge in [0.25, 0.3) is 0 Å². The second-order valence-corrected chi connectivity index (χ2v) is 7.64. The summed E-state index contributed by atoms with van der Waals surface area (Å²) in [7, 11) is 0. The Labute approximate surface area is 144 Å². The molecule has 128 valence electrons. The van der Waals surface area contributed by atoms with Crippen molar-refractivity contribution < 1.29 is 0 Å². The molecule has 1 aliphatic carbocycles. The molecule has 1 aromatic rings. The molecule has 1 aromatic heterocycles. The second kappa shape index (κ2) is 8.69. The molecule has 2 heterocycles. The van der Waals surface area contributed by atoms with Crippen molar-refractivity contribution in [3.8, 4) is 0 Å². The van der Waals surface area contributed by atoms with Gasteiger partial charge < -0.3 is 10.6 Å². The first-order chi connectivity index (χ1) is 11.3. The molecule has 23 heavy (non-hydrogen) atoms. The maximum absolute atomic E-state index is 4.80. The molecule has 0 bridgehead atoms. The molecule has 0 saturated heterocycles. The smallest absolute Gasteiger partial charge is 0.191 e. The number of aliphatic imine (C=N–C) groups is 1. The third-order valence-electron chi connectivity index (χ3n) is 4.86. The maximum atomic E-state index is 4.80. The van der Waals surface area contributed by atoms with E-state index in [2.05, 4.69) is 33.9 Å². The van der Waals surface area contributed by atoms with Crippen LogP contribution in [-0.2, 0) is 13.0 Å². The molecule has 2 aliphatic rings. The number of thiophene rings is 1. The number of guanidine groups is 1. The minimum atomic E-state index is 0.616. The lowest BCUT2D eigenvalue weighted by atomic mass is 9.96.